The molecule has 0 aliphatic carbocycles. The standard InChI is InChI=1S/C26H29NO3/c1-3-4-8-20-11-14-24(15-12-20)27-26(28)22-13-16-25(29-2)23(17-22)19-30-18-21-9-6-5-7-10-21/h5-7,9-17H,3-4,8,18-19H2,1-2H3,(H,27,28). The number of aryl methyl sites for hydroxylation is 1. The van der Waals surface area contributed by atoms with Crippen LogP contribution in [0.1, 0.15) is 46.8 Å². The van der Waals surface area contributed by atoms with E-state index in [-0.39, 0.29) is 5.91 Å². The van der Waals surface area contributed by atoms with Crippen molar-refractivity contribution in [3.8, 4) is 5.75 Å². The number of benzene rings is 3. The molecule has 4 nitrogen and oxygen atoms in total. The summed E-state index contributed by atoms with van der Waals surface area (Å²) in [7, 11) is 1.62. The number of carbonyl (C=O) groups excluding carboxylic acids is 1. The number of methoxy groups -OCH3 is 1. The van der Waals surface area contributed by atoms with Crippen LogP contribution in [-0.2, 0) is 24.4 Å². The molecule has 0 heterocycles. The number of rotatable bonds is 10. The average molecular weight is 404 g/mol. The van der Waals surface area contributed by atoms with Gasteiger partial charge in [0.05, 0.1) is 20.3 Å². The van der Waals surface area contributed by atoms with Crippen molar-refractivity contribution in [2.45, 2.75) is 39.4 Å². The minimum Gasteiger partial charge on any atom is -0.496 e. The zero-order chi connectivity index (χ0) is 21.2. The molecule has 3 rings (SSSR count). The Morgan fingerprint density at radius 3 is 2.37 bits per heavy atom. The first kappa shape index (κ1) is 21.6. The molecule has 1 amide bonds. The van der Waals surface area contributed by atoms with Crippen molar-refractivity contribution in [1.29, 1.82) is 0 Å². The summed E-state index contributed by atoms with van der Waals surface area (Å²) in [5.74, 6) is 0.558. The highest BCUT2D eigenvalue weighted by molar-refractivity contribution is 6.04. The first-order valence-corrected chi connectivity index (χ1v) is 10.4. The van der Waals surface area contributed by atoms with Crippen LogP contribution in [0.3, 0.4) is 0 Å². The molecule has 3 aromatic rings. The molecule has 0 unspecified atom stereocenters. The number of anilines is 1. The highest BCUT2D eigenvalue weighted by Crippen LogP contribution is 2.22. The van der Waals surface area contributed by atoms with E-state index in [4.69, 9.17) is 9.47 Å². The van der Waals surface area contributed by atoms with E-state index in [2.05, 4.69) is 24.4 Å². The van der Waals surface area contributed by atoms with Crippen molar-refractivity contribution in [2.24, 2.45) is 0 Å². The van der Waals surface area contributed by atoms with Crippen LogP contribution in [0.25, 0.3) is 0 Å². The zero-order valence-corrected chi connectivity index (χ0v) is 17.7. The van der Waals surface area contributed by atoms with Gasteiger partial charge < -0.3 is 14.8 Å². The maximum Gasteiger partial charge on any atom is 0.255 e. The summed E-state index contributed by atoms with van der Waals surface area (Å²) in [6.07, 6.45) is 3.41. The summed E-state index contributed by atoms with van der Waals surface area (Å²) in [6.45, 7) is 3.06. The van der Waals surface area contributed by atoms with Crippen LogP contribution in [0.2, 0.25) is 0 Å². The predicted octanol–water partition coefficient (Wildman–Crippen LogP) is 6.01. The lowest BCUT2D eigenvalue weighted by Gasteiger charge is -2.12. The highest BCUT2D eigenvalue weighted by Gasteiger charge is 2.11. The molecule has 4 heteroatoms. The van der Waals surface area contributed by atoms with E-state index in [0.29, 0.717) is 24.5 Å². The Morgan fingerprint density at radius 1 is 0.900 bits per heavy atom. The number of nitrogens with one attached hydrogen (secondary N) is 1. The maximum absolute atomic E-state index is 12.7. The molecule has 1 N–H and O–H groups in total. The first-order valence-electron chi connectivity index (χ1n) is 10.4. The molecule has 0 atom stereocenters. The smallest absolute Gasteiger partial charge is 0.255 e. The summed E-state index contributed by atoms with van der Waals surface area (Å²) >= 11 is 0. The Bertz CT molecular complexity index is 936. The van der Waals surface area contributed by atoms with Crippen LogP contribution in [-0.4, -0.2) is 13.0 Å². The van der Waals surface area contributed by atoms with Crippen molar-refractivity contribution in [3.63, 3.8) is 0 Å². The molecule has 30 heavy (non-hydrogen) atoms. The van der Waals surface area contributed by atoms with Crippen LogP contribution >= 0.6 is 0 Å². The van der Waals surface area contributed by atoms with E-state index >= 15 is 0 Å². The van der Waals surface area contributed by atoms with E-state index in [9.17, 15) is 4.79 Å². The second-order valence-electron chi connectivity index (χ2n) is 7.26. The van der Waals surface area contributed by atoms with Crippen LogP contribution in [0.4, 0.5) is 5.69 Å². The molecule has 0 spiro atoms. The SMILES string of the molecule is CCCCc1ccc(NC(=O)c2ccc(OC)c(COCc3ccccc3)c2)cc1. The van der Waals surface area contributed by atoms with Gasteiger partial charge in [0.1, 0.15) is 5.75 Å². The molecule has 0 aliphatic heterocycles. The lowest BCUT2D eigenvalue weighted by molar-refractivity contribution is 0.102. The highest BCUT2D eigenvalue weighted by atomic mass is 16.5. The van der Waals surface area contributed by atoms with Crippen LogP contribution in [0.5, 0.6) is 5.75 Å². The quantitative estimate of drug-likeness (QED) is 0.451. The van der Waals surface area contributed by atoms with Gasteiger partial charge in [-0.2, -0.15) is 0 Å². The molecule has 0 radical (unpaired) electrons. The monoisotopic (exact) mass is 403 g/mol. The molecule has 0 fully saturated rings. The van der Waals surface area contributed by atoms with Gasteiger partial charge in [-0.15, -0.1) is 0 Å². The van der Waals surface area contributed by atoms with Gasteiger partial charge in [0.25, 0.3) is 5.91 Å². The second-order valence-corrected chi connectivity index (χ2v) is 7.26. The van der Waals surface area contributed by atoms with Crippen molar-refractivity contribution in [3.05, 3.63) is 95.1 Å². The average Bonchev–Trinajstić information content (AvgIpc) is 2.79. The van der Waals surface area contributed by atoms with E-state index in [0.717, 1.165) is 23.2 Å². The van der Waals surface area contributed by atoms with Gasteiger partial charge in [0.15, 0.2) is 0 Å². The van der Waals surface area contributed by atoms with E-state index < -0.39 is 0 Å². The van der Waals surface area contributed by atoms with Crippen LogP contribution in [0, 0.1) is 0 Å². The maximum atomic E-state index is 12.7. The molecular weight excluding hydrogens is 374 g/mol. The Kier molecular flexibility index (Phi) is 8.04. The molecule has 0 bridgehead atoms. The second kappa shape index (κ2) is 11.2. The molecule has 0 saturated carbocycles. The van der Waals surface area contributed by atoms with Gasteiger partial charge in [0, 0.05) is 16.8 Å². The molecule has 0 saturated heterocycles. The van der Waals surface area contributed by atoms with Crippen molar-refractivity contribution in [1.82, 2.24) is 0 Å². The summed E-state index contributed by atoms with van der Waals surface area (Å²) in [5, 5.41) is 2.97. The first-order chi connectivity index (χ1) is 14.7. The Morgan fingerprint density at radius 2 is 1.67 bits per heavy atom. The number of amides is 1. The van der Waals surface area contributed by atoms with E-state index in [1.807, 2.05) is 54.6 Å². The summed E-state index contributed by atoms with van der Waals surface area (Å²) in [4.78, 5) is 12.7. The molecular formula is C26H29NO3. The van der Waals surface area contributed by atoms with Gasteiger partial charge in [0.2, 0.25) is 0 Å². The molecule has 0 aromatic heterocycles. The zero-order valence-electron chi connectivity index (χ0n) is 17.7. The Hall–Kier alpha value is -3.11. The fraction of sp³-hybridized carbons (Fsp3) is 0.269. The van der Waals surface area contributed by atoms with Crippen molar-refractivity contribution >= 4 is 11.6 Å². The summed E-state index contributed by atoms with van der Waals surface area (Å²) in [5.41, 5.74) is 4.60. The number of carbonyl (C=O) groups is 1. The van der Waals surface area contributed by atoms with Gasteiger partial charge in [-0.1, -0.05) is 55.8 Å². The number of hydrogen-bond acceptors (Lipinski definition) is 3. The van der Waals surface area contributed by atoms with Crippen LogP contribution < -0.4 is 10.1 Å². The third-order valence-electron chi connectivity index (χ3n) is 4.94. The van der Waals surface area contributed by atoms with Gasteiger partial charge in [-0.3, -0.25) is 4.79 Å². The topological polar surface area (TPSA) is 47.6 Å². The fourth-order valence-electron chi connectivity index (χ4n) is 3.22. The van der Waals surface area contributed by atoms with Crippen molar-refractivity contribution < 1.29 is 14.3 Å². The molecule has 3 aromatic carbocycles. The van der Waals surface area contributed by atoms with Gasteiger partial charge >= 0.3 is 0 Å². The Labute approximate surface area is 178 Å². The largest absolute Gasteiger partial charge is 0.496 e. The van der Waals surface area contributed by atoms with E-state index in [1.165, 1.54) is 18.4 Å². The summed E-state index contributed by atoms with van der Waals surface area (Å²) in [6, 6.07) is 23.5. The predicted molar refractivity (Wildman–Crippen MR) is 121 cm³/mol. The van der Waals surface area contributed by atoms with E-state index in [1.54, 1.807) is 13.2 Å². The molecule has 0 aliphatic rings. The third kappa shape index (κ3) is 6.19. The number of ether oxygens (including phenoxy) is 2. The minimum absolute atomic E-state index is 0.150. The van der Waals surface area contributed by atoms with Crippen molar-refractivity contribution in [2.75, 3.05) is 12.4 Å². The third-order valence-corrected chi connectivity index (χ3v) is 4.94. The Balaban J connectivity index is 1.63. The lowest BCUT2D eigenvalue weighted by Crippen LogP contribution is -2.12. The number of unbranched alkanes of at least 4 members (excludes halogenated alkanes) is 1. The fourth-order valence-corrected chi connectivity index (χ4v) is 3.22. The molecule has 156 valence electrons. The number of hydrogen-bond donors (Lipinski definition) is 1. The van der Waals surface area contributed by atoms with Gasteiger partial charge in [-0.05, 0) is 54.3 Å². The lowest BCUT2D eigenvalue weighted by atomic mass is 10.1. The van der Waals surface area contributed by atoms with Gasteiger partial charge in [-0.25, -0.2) is 0 Å². The minimum atomic E-state index is -0.150. The normalized spacial score (nSPS) is 10.6. The summed E-state index contributed by atoms with van der Waals surface area (Å²) < 4.78 is 11.3. The van der Waals surface area contributed by atoms with Crippen LogP contribution in [0.15, 0.2) is 72.8 Å².